The number of aliphatic hydroxyl groups excluding tert-OH is 2. The number of anilines is 2. The molecule has 2 fully saturated rings. The molecule has 4 N–H and O–H groups in total. The molecule has 0 bridgehead atoms. The van der Waals surface area contributed by atoms with Crippen LogP contribution in [0.25, 0.3) is 5.65 Å². The van der Waals surface area contributed by atoms with Crippen LogP contribution in [-0.4, -0.2) is 82.3 Å². The van der Waals surface area contributed by atoms with Crippen molar-refractivity contribution in [1.29, 1.82) is 0 Å². The number of nitrogens with two attached hydrogens (primary N) is 1. The molecule has 4 heterocycles. The average Bonchev–Trinajstić information content (AvgIpc) is 3.23. The monoisotopic (exact) mass is 484 g/mol. The molecular formula is C25H33FN6O3. The zero-order valence-electron chi connectivity index (χ0n) is 19.9. The van der Waals surface area contributed by atoms with Crippen LogP contribution < -0.4 is 10.6 Å². The fourth-order valence-electron chi connectivity index (χ4n) is 5.33. The number of piperidine rings is 1. The fourth-order valence-corrected chi connectivity index (χ4v) is 5.33. The number of ether oxygens (including phenoxy) is 1. The summed E-state index contributed by atoms with van der Waals surface area (Å²) in [5.41, 5.74) is 10.2. The number of morpholine rings is 1. The van der Waals surface area contributed by atoms with Gasteiger partial charge in [0.2, 0.25) is 0 Å². The Hall–Kier alpha value is -2.79. The molecule has 1 aromatic carbocycles. The zero-order valence-corrected chi connectivity index (χ0v) is 19.9. The largest absolute Gasteiger partial charge is 0.396 e. The number of aromatic nitrogens is 3. The molecule has 0 unspecified atom stereocenters. The van der Waals surface area contributed by atoms with E-state index in [0.29, 0.717) is 48.9 Å². The summed E-state index contributed by atoms with van der Waals surface area (Å²) in [6.07, 6.45) is 2.06. The molecule has 3 aromatic rings. The highest BCUT2D eigenvalue weighted by molar-refractivity contribution is 5.69. The summed E-state index contributed by atoms with van der Waals surface area (Å²) in [6, 6.07) is 7.02. The summed E-state index contributed by atoms with van der Waals surface area (Å²) < 4.78 is 22.4. The number of fused-ring (bicyclic) bond motifs is 1. The second-order valence-corrected chi connectivity index (χ2v) is 9.28. The lowest BCUT2D eigenvalue weighted by molar-refractivity contribution is 0.122. The molecule has 188 valence electrons. The van der Waals surface area contributed by atoms with Crippen molar-refractivity contribution in [1.82, 2.24) is 19.5 Å². The number of likely N-dealkylation sites (tertiary alicyclic amines) is 1. The van der Waals surface area contributed by atoms with Crippen molar-refractivity contribution in [3.05, 3.63) is 52.6 Å². The summed E-state index contributed by atoms with van der Waals surface area (Å²) >= 11 is 0. The third-order valence-electron chi connectivity index (χ3n) is 7.17. The topological polar surface area (TPSA) is 112 Å². The Labute approximate surface area is 203 Å². The van der Waals surface area contributed by atoms with E-state index in [-0.39, 0.29) is 24.9 Å². The van der Waals surface area contributed by atoms with Gasteiger partial charge in [-0.25, -0.2) is 13.9 Å². The molecule has 0 saturated carbocycles. The Morgan fingerprint density at radius 1 is 1.11 bits per heavy atom. The number of hydrogen-bond donors (Lipinski definition) is 3. The number of benzene rings is 1. The van der Waals surface area contributed by atoms with Crippen LogP contribution >= 0.6 is 0 Å². The quantitative estimate of drug-likeness (QED) is 0.463. The highest BCUT2D eigenvalue weighted by atomic mass is 19.1. The van der Waals surface area contributed by atoms with Crippen LogP contribution in [0.2, 0.25) is 0 Å². The summed E-state index contributed by atoms with van der Waals surface area (Å²) in [6.45, 7) is 4.89. The van der Waals surface area contributed by atoms with Gasteiger partial charge in [-0.3, -0.25) is 0 Å². The van der Waals surface area contributed by atoms with Crippen LogP contribution in [0.1, 0.15) is 41.3 Å². The SMILES string of the molecule is Nc1cc(N2CCOCC2)nn2c(Cc3cccc(F)c3C3CCN(CCO)CC3)c(CO)nc12. The Kier molecular flexibility index (Phi) is 7.14. The van der Waals surface area contributed by atoms with Crippen LogP contribution in [0, 0.1) is 5.82 Å². The van der Waals surface area contributed by atoms with Crippen molar-refractivity contribution in [2.75, 3.05) is 63.2 Å². The zero-order chi connectivity index (χ0) is 24.4. The van der Waals surface area contributed by atoms with Crippen molar-refractivity contribution in [3.63, 3.8) is 0 Å². The van der Waals surface area contributed by atoms with Crippen molar-refractivity contribution < 1.29 is 19.3 Å². The first kappa shape index (κ1) is 23.9. The molecule has 10 heteroatoms. The number of nitrogen functional groups attached to an aromatic ring is 1. The van der Waals surface area contributed by atoms with Gasteiger partial charge in [0, 0.05) is 32.1 Å². The molecule has 35 heavy (non-hydrogen) atoms. The van der Waals surface area contributed by atoms with E-state index >= 15 is 4.39 Å². The number of hydrogen-bond acceptors (Lipinski definition) is 8. The first-order chi connectivity index (χ1) is 17.1. The Bertz CT molecular complexity index is 1170. The standard InChI is InChI=1S/C25H33FN6O3/c26-19-3-1-2-18(24(19)17-4-6-30(7-5-17)8-11-33)14-22-21(16-34)28-25-20(27)15-23(29-32(22)25)31-9-12-35-13-10-31/h1-3,15,17,33-34H,4-14,16,27H2. The lowest BCUT2D eigenvalue weighted by atomic mass is 9.84. The number of halogens is 1. The van der Waals surface area contributed by atoms with E-state index in [9.17, 15) is 10.2 Å². The van der Waals surface area contributed by atoms with Crippen LogP contribution in [-0.2, 0) is 17.8 Å². The van der Waals surface area contributed by atoms with Crippen LogP contribution in [0.5, 0.6) is 0 Å². The maximum absolute atomic E-state index is 15.2. The summed E-state index contributed by atoms with van der Waals surface area (Å²) in [5, 5.41) is 24.2. The minimum atomic E-state index is -0.255. The van der Waals surface area contributed by atoms with Gasteiger partial charge in [0.05, 0.1) is 43.5 Å². The second kappa shape index (κ2) is 10.4. The number of rotatable bonds is 7. The van der Waals surface area contributed by atoms with Gasteiger partial charge in [0.25, 0.3) is 0 Å². The highest BCUT2D eigenvalue weighted by Gasteiger charge is 2.26. The summed E-state index contributed by atoms with van der Waals surface area (Å²) in [5.74, 6) is 0.626. The maximum atomic E-state index is 15.2. The molecule has 0 spiro atoms. The number of β-amino-alcohol motifs (C(OH)–C–C–N with tert-alkyl or cyclic N) is 1. The van der Waals surface area contributed by atoms with E-state index < -0.39 is 0 Å². The summed E-state index contributed by atoms with van der Waals surface area (Å²) in [4.78, 5) is 8.90. The van der Waals surface area contributed by atoms with E-state index in [1.165, 1.54) is 6.07 Å². The van der Waals surface area contributed by atoms with Gasteiger partial charge in [0.1, 0.15) is 5.82 Å². The Morgan fingerprint density at radius 3 is 2.60 bits per heavy atom. The van der Waals surface area contributed by atoms with Crippen molar-refractivity contribution in [2.45, 2.75) is 31.8 Å². The predicted molar refractivity (Wildman–Crippen MR) is 131 cm³/mol. The molecule has 2 aromatic heterocycles. The van der Waals surface area contributed by atoms with Crippen LogP contribution in [0.15, 0.2) is 24.3 Å². The van der Waals surface area contributed by atoms with Crippen molar-refractivity contribution >= 4 is 17.2 Å². The molecule has 9 nitrogen and oxygen atoms in total. The van der Waals surface area contributed by atoms with Crippen molar-refractivity contribution in [3.8, 4) is 0 Å². The maximum Gasteiger partial charge on any atom is 0.177 e. The second-order valence-electron chi connectivity index (χ2n) is 9.28. The van der Waals surface area contributed by atoms with Crippen LogP contribution in [0.4, 0.5) is 15.9 Å². The fraction of sp³-hybridized carbons (Fsp3) is 0.520. The molecule has 5 rings (SSSR count). The normalized spacial score (nSPS) is 18.0. The van der Waals surface area contributed by atoms with E-state index in [0.717, 1.165) is 56.0 Å². The molecule has 0 aliphatic carbocycles. The predicted octanol–water partition coefficient (Wildman–Crippen LogP) is 1.54. The molecule has 2 aliphatic rings. The third-order valence-corrected chi connectivity index (χ3v) is 7.17. The smallest absolute Gasteiger partial charge is 0.177 e. The van der Waals surface area contributed by atoms with Gasteiger partial charge in [-0.05, 0) is 49.0 Å². The summed E-state index contributed by atoms with van der Waals surface area (Å²) in [7, 11) is 0. The number of nitrogens with zero attached hydrogens (tertiary/aromatic N) is 5. The molecular weight excluding hydrogens is 451 g/mol. The highest BCUT2D eigenvalue weighted by Crippen LogP contribution is 2.34. The molecule has 0 radical (unpaired) electrons. The van der Waals surface area contributed by atoms with E-state index in [1.54, 1.807) is 10.6 Å². The van der Waals surface area contributed by atoms with E-state index in [1.807, 2.05) is 12.1 Å². The minimum absolute atomic E-state index is 0.0971. The van der Waals surface area contributed by atoms with Gasteiger partial charge in [0.15, 0.2) is 11.5 Å². The average molecular weight is 485 g/mol. The van der Waals surface area contributed by atoms with Gasteiger partial charge in [-0.2, -0.15) is 0 Å². The van der Waals surface area contributed by atoms with Gasteiger partial charge in [-0.15, -0.1) is 5.10 Å². The molecule has 2 saturated heterocycles. The lowest BCUT2D eigenvalue weighted by Gasteiger charge is -2.32. The van der Waals surface area contributed by atoms with E-state index in [2.05, 4.69) is 14.8 Å². The minimum Gasteiger partial charge on any atom is -0.396 e. The molecule has 0 amide bonds. The number of aliphatic hydroxyl groups is 2. The van der Waals surface area contributed by atoms with Gasteiger partial charge >= 0.3 is 0 Å². The lowest BCUT2D eigenvalue weighted by Crippen LogP contribution is -2.37. The van der Waals surface area contributed by atoms with Crippen molar-refractivity contribution in [2.24, 2.45) is 0 Å². The Balaban J connectivity index is 1.51. The molecule has 2 aliphatic heterocycles. The van der Waals surface area contributed by atoms with Crippen LogP contribution in [0.3, 0.4) is 0 Å². The van der Waals surface area contributed by atoms with Gasteiger partial charge in [-0.1, -0.05) is 12.1 Å². The number of imidazole rings is 1. The molecule has 0 atom stereocenters. The Morgan fingerprint density at radius 2 is 1.89 bits per heavy atom. The van der Waals surface area contributed by atoms with Gasteiger partial charge < -0.3 is 30.5 Å². The first-order valence-corrected chi connectivity index (χ1v) is 12.3. The first-order valence-electron chi connectivity index (χ1n) is 12.3. The van der Waals surface area contributed by atoms with E-state index in [4.69, 9.17) is 15.6 Å². The third kappa shape index (κ3) is 4.84.